The van der Waals surface area contributed by atoms with Gasteiger partial charge in [-0.3, -0.25) is 14.9 Å². The van der Waals surface area contributed by atoms with E-state index in [0.29, 0.717) is 27.6 Å². The molecule has 0 unspecified atom stereocenters. The van der Waals surface area contributed by atoms with Gasteiger partial charge in [-0.05, 0) is 30.7 Å². The summed E-state index contributed by atoms with van der Waals surface area (Å²) in [5, 5.41) is 23.8. The van der Waals surface area contributed by atoms with E-state index in [9.17, 15) is 20.2 Å². The predicted molar refractivity (Wildman–Crippen MR) is 129 cm³/mol. The van der Waals surface area contributed by atoms with Crippen molar-refractivity contribution in [3.05, 3.63) is 98.1 Å². The average Bonchev–Trinajstić information content (AvgIpc) is 2.83. The molecule has 0 saturated heterocycles. The molecule has 0 bridgehead atoms. The maximum absolute atomic E-state index is 12.8. The summed E-state index contributed by atoms with van der Waals surface area (Å²) in [6.07, 6.45) is 1.37. The highest BCUT2D eigenvalue weighted by Crippen LogP contribution is 2.34. The molecule has 0 fully saturated rings. The average molecular weight is 478 g/mol. The van der Waals surface area contributed by atoms with Gasteiger partial charge in [0.05, 0.1) is 17.7 Å². The molecular weight excluding hydrogens is 458 g/mol. The third-order valence-corrected chi connectivity index (χ3v) is 5.27. The SMILES string of the molecule is COc1cccc(/C=C(\C#N)C(=O)Nc2cc([N+](=O)[O-])ccc2C)c1OCc1ccccc1Cl. The molecule has 9 heteroatoms. The van der Waals surface area contributed by atoms with E-state index >= 15 is 0 Å². The molecule has 0 aliphatic heterocycles. The van der Waals surface area contributed by atoms with Gasteiger partial charge in [-0.1, -0.05) is 48.0 Å². The molecule has 0 saturated carbocycles. The van der Waals surface area contributed by atoms with Crippen molar-refractivity contribution < 1.29 is 19.2 Å². The number of nitrogens with one attached hydrogen (secondary N) is 1. The lowest BCUT2D eigenvalue weighted by molar-refractivity contribution is -0.384. The quantitative estimate of drug-likeness (QED) is 0.193. The van der Waals surface area contributed by atoms with Crippen molar-refractivity contribution >= 4 is 35.0 Å². The second-order valence-electron chi connectivity index (χ2n) is 7.14. The molecule has 0 spiro atoms. The van der Waals surface area contributed by atoms with Crippen LogP contribution in [0.25, 0.3) is 6.08 Å². The van der Waals surface area contributed by atoms with E-state index in [1.165, 1.54) is 31.4 Å². The molecule has 1 N–H and O–H groups in total. The summed E-state index contributed by atoms with van der Waals surface area (Å²) in [7, 11) is 1.48. The number of non-ortho nitro benzene ring substituents is 1. The summed E-state index contributed by atoms with van der Waals surface area (Å²) in [5.41, 5.74) is 1.65. The molecule has 8 nitrogen and oxygen atoms in total. The number of nitro groups is 1. The van der Waals surface area contributed by atoms with Gasteiger partial charge >= 0.3 is 0 Å². The number of nitriles is 1. The Labute approximate surface area is 201 Å². The van der Waals surface area contributed by atoms with Crippen LogP contribution < -0.4 is 14.8 Å². The van der Waals surface area contributed by atoms with Crippen LogP contribution in [0.3, 0.4) is 0 Å². The molecule has 172 valence electrons. The van der Waals surface area contributed by atoms with Gasteiger partial charge in [0.1, 0.15) is 18.2 Å². The van der Waals surface area contributed by atoms with E-state index < -0.39 is 10.8 Å². The number of methoxy groups -OCH3 is 1. The number of para-hydroxylation sites is 1. The number of hydrogen-bond acceptors (Lipinski definition) is 6. The number of hydrogen-bond donors (Lipinski definition) is 1. The van der Waals surface area contributed by atoms with Gasteiger partial charge in [-0.15, -0.1) is 0 Å². The van der Waals surface area contributed by atoms with Crippen LogP contribution >= 0.6 is 11.6 Å². The minimum Gasteiger partial charge on any atom is -0.493 e. The Hall–Kier alpha value is -4.35. The minimum absolute atomic E-state index is 0.141. The Morgan fingerprint density at radius 1 is 1.21 bits per heavy atom. The van der Waals surface area contributed by atoms with Crippen LogP contribution in [0.4, 0.5) is 11.4 Å². The first kappa shape index (κ1) is 24.3. The standard InChI is InChI=1S/C25H20ClN3O5/c1-16-10-11-20(29(31)32)13-22(16)28-25(30)19(14-27)12-17-7-5-9-23(33-2)24(17)34-15-18-6-3-4-8-21(18)26/h3-13H,15H2,1-2H3,(H,28,30)/b19-12+. The maximum atomic E-state index is 12.8. The summed E-state index contributed by atoms with van der Waals surface area (Å²) in [6, 6.07) is 18.3. The number of aryl methyl sites for hydroxylation is 1. The zero-order chi connectivity index (χ0) is 24.7. The number of rotatable bonds is 8. The molecule has 0 heterocycles. The summed E-state index contributed by atoms with van der Waals surface area (Å²) >= 11 is 6.21. The molecular formula is C25H20ClN3O5. The van der Waals surface area contributed by atoms with Crippen LogP contribution in [-0.4, -0.2) is 17.9 Å². The third-order valence-electron chi connectivity index (χ3n) is 4.90. The molecule has 0 aliphatic rings. The zero-order valence-electron chi connectivity index (χ0n) is 18.4. The van der Waals surface area contributed by atoms with E-state index in [2.05, 4.69) is 5.32 Å². The van der Waals surface area contributed by atoms with Gasteiger partial charge in [0, 0.05) is 28.3 Å². The van der Waals surface area contributed by atoms with Crippen LogP contribution in [0.5, 0.6) is 11.5 Å². The van der Waals surface area contributed by atoms with Crippen LogP contribution in [0, 0.1) is 28.4 Å². The van der Waals surface area contributed by atoms with E-state index in [1.807, 2.05) is 24.3 Å². The van der Waals surface area contributed by atoms with Gasteiger partial charge in [-0.2, -0.15) is 5.26 Å². The number of carbonyl (C=O) groups excluding carboxylic acids is 1. The first-order valence-electron chi connectivity index (χ1n) is 10.1. The van der Waals surface area contributed by atoms with Crippen molar-refractivity contribution in [2.75, 3.05) is 12.4 Å². The van der Waals surface area contributed by atoms with Crippen molar-refractivity contribution in [1.82, 2.24) is 0 Å². The number of anilines is 1. The molecule has 0 aromatic heterocycles. The number of halogens is 1. The highest BCUT2D eigenvalue weighted by atomic mass is 35.5. The maximum Gasteiger partial charge on any atom is 0.271 e. The molecule has 1 amide bonds. The summed E-state index contributed by atoms with van der Waals surface area (Å²) in [5.74, 6) is 0.0241. The van der Waals surface area contributed by atoms with Gasteiger partial charge < -0.3 is 14.8 Å². The largest absolute Gasteiger partial charge is 0.493 e. The first-order chi connectivity index (χ1) is 16.3. The second kappa shape index (κ2) is 11.0. The normalized spacial score (nSPS) is 10.8. The second-order valence-corrected chi connectivity index (χ2v) is 7.55. The lowest BCUT2D eigenvalue weighted by Gasteiger charge is -2.14. The van der Waals surface area contributed by atoms with Crippen LogP contribution in [0.1, 0.15) is 16.7 Å². The molecule has 0 aliphatic carbocycles. The first-order valence-corrected chi connectivity index (χ1v) is 10.4. The van der Waals surface area contributed by atoms with Crippen molar-refractivity contribution in [3.63, 3.8) is 0 Å². The Morgan fingerprint density at radius 2 is 1.97 bits per heavy atom. The van der Waals surface area contributed by atoms with Gasteiger partial charge in [0.15, 0.2) is 11.5 Å². The molecule has 3 aromatic rings. The highest BCUT2D eigenvalue weighted by Gasteiger charge is 2.17. The number of nitro benzene ring substituents is 1. The Morgan fingerprint density at radius 3 is 2.65 bits per heavy atom. The summed E-state index contributed by atoms with van der Waals surface area (Å²) in [6.45, 7) is 1.83. The predicted octanol–water partition coefficient (Wildman–Crippen LogP) is 5.69. The lowest BCUT2D eigenvalue weighted by atomic mass is 10.1. The van der Waals surface area contributed by atoms with Crippen molar-refractivity contribution in [2.45, 2.75) is 13.5 Å². The fourth-order valence-electron chi connectivity index (χ4n) is 3.08. The monoisotopic (exact) mass is 477 g/mol. The number of amides is 1. The van der Waals surface area contributed by atoms with Crippen LogP contribution in [-0.2, 0) is 11.4 Å². The molecule has 3 aromatic carbocycles. The van der Waals surface area contributed by atoms with Gasteiger partial charge in [0.25, 0.3) is 11.6 Å². The van der Waals surface area contributed by atoms with E-state index in [-0.39, 0.29) is 23.6 Å². The smallest absolute Gasteiger partial charge is 0.271 e. The van der Waals surface area contributed by atoms with E-state index in [4.69, 9.17) is 21.1 Å². The summed E-state index contributed by atoms with van der Waals surface area (Å²) < 4.78 is 11.4. The summed E-state index contributed by atoms with van der Waals surface area (Å²) in [4.78, 5) is 23.3. The van der Waals surface area contributed by atoms with Gasteiger partial charge in [0.2, 0.25) is 0 Å². The Balaban J connectivity index is 1.92. The molecule has 3 rings (SSSR count). The number of carbonyl (C=O) groups is 1. The Kier molecular flexibility index (Phi) is 7.85. The van der Waals surface area contributed by atoms with Crippen molar-refractivity contribution in [2.24, 2.45) is 0 Å². The minimum atomic E-state index is -0.717. The lowest BCUT2D eigenvalue weighted by Crippen LogP contribution is -2.14. The van der Waals surface area contributed by atoms with E-state index in [1.54, 1.807) is 31.2 Å². The molecule has 0 atom stereocenters. The topological polar surface area (TPSA) is 114 Å². The van der Waals surface area contributed by atoms with E-state index in [0.717, 1.165) is 5.56 Å². The molecule has 0 radical (unpaired) electrons. The van der Waals surface area contributed by atoms with Crippen molar-refractivity contribution in [1.29, 1.82) is 5.26 Å². The van der Waals surface area contributed by atoms with Crippen LogP contribution in [0.2, 0.25) is 5.02 Å². The Bertz CT molecular complexity index is 1310. The zero-order valence-corrected chi connectivity index (χ0v) is 19.1. The van der Waals surface area contributed by atoms with Crippen molar-refractivity contribution in [3.8, 4) is 17.6 Å². The number of ether oxygens (including phenoxy) is 2. The fourth-order valence-corrected chi connectivity index (χ4v) is 3.27. The highest BCUT2D eigenvalue weighted by molar-refractivity contribution is 6.31. The third kappa shape index (κ3) is 5.71. The molecule has 34 heavy (non-hydrogen) atoms. The van der Waals surface area contributed by atoms with Gasteiger partial charge in [-0.25, -0.2) is 0 Å². The van der Waals surface area contributed by atoms with Crippen LogP contribution in [0.15, 0.2) is 66.2 Å². The fraction of sp³-hybridized carbons (Fsp3) is 0.120. The number of benzene rings is 3. The number of nitrogens with zero attached hydrogens (tertiary/aromatic N) is 2.